The van der Waals surface area contributed by atoms with Crippen molar-refractivity contribution >= 4 is 0 Å². The van der Waals surface area contributed by atoms with Crippen LogP contribution in [-0.4, -0.2) is 27.8 Å². The van der Waals surface area contributed by atoms with Crippen molar-refractivity contribution in [2.75, 3.05) is 27.8 Å². The van der Waals surface area contributed by atoms with Crippen LogP contribution in [0.3, 0.4) is 0 Å². The molecule has 0 aliphatic rings. The maximum absolute atomic E-state index is 5.31. The summed E-state index contributed by atoms with van der Waals surface area (Å²) < 4.78 is 10.5. The Bertz CT molecular complexity index is 324. The Balaban J connectivity index is 3.01. The first kappa shape index (κ1) is 11.9. The van der Waals surface area contributed by atoms with Gasteiger partial charge in [0.15, 0.2) is 0 Å². The molecule has 0 amide bonds. The van der Waals surface area contributed by atoms with Gasteiger partial charge in [0.2, 0.25) is 0 Å². The summed E-state index contributed by atoms with van der Waals surface area (Å²) in [7, 11) is 5.31. The molecule has 0 heterocycles. The molecule has 15 heavy (non-hydrogen) atoms. The third-order valence-corrected chi connectivity index (χ3v) is 2.54. The summed E-state index contributed by atoms with van der Waals surface area (Å²) in [4.78, 5) is 0. The van der Waals surface area contributed by atoms with Gasteiger partial charge in [0.1, 0.15) is 11.5 Å². The molecule has 84 valence electrons. The SMILES string of the molecule is CNCCc1cc(OC)cc(OC)c1C. The maximum atomic E-state index is 5.31. The number of ether oxygens (including phenoxy) is 2. The van der Waals surface area contributed by atoms with E-state index in [1.165, 1.54) is 11.1 Å². The molecule has 0 saturated heterocycles. The van der Waals surface area contributed by atoms with Crippen molar-refractivity contribution in [2.24, 2.45) is 0 Å². The van der Waals surface area contributed by atoms with E-state index in [0.29, 0.717) is 0 Å². The lowest BCUT2D eigenvalue weighted by Gasteiger charge is -2.12. The normalized spacial score (nSPS) is 10.1. The number of rotatable bonds is 5. The first-order valence-corrected chi connectivity index (χ1v) is 5.09. The van der Waals surface area contributed by atoms with E-state index in [1.54, 1.807) is 14.2 Å². The molecule has 3 heteroatoms. The molecule has 1 rings (SSSR count). The van der Waals surface area contributed by atoms with E-state index >= 15 is 0 Å². The van der Waals surface area contributed by atoms with Crippen LogP contribution < -0.4 is 14.8 Å². The highest BCUT2D eigenvalue weighted by atomic mass is 16.5. The Morgan fingerprint density at radius 1 is 1.20 bits per heavy atom. The summed E-state index contributed by atoms with van der Waals surface area (Å²) >= 11 is 0. The molecule has 0 saturated carbocycles. The van der Waals surface area contributed by atoms with E-state index in [9.17, 15) is 0 Å². The van der Waals surface area contributed by atoms with Crippen LogP contribution in [0, 0.1) is 6.92 Å². The molecule has 0 unspecified atom stereocenters. The molecule has 0 aliphatic heterocycles. The third-order valence-electron chi connectivity index (χ3n) is 2.54. The van der Waals surface area contributed by atoms with E-state index < -0.39 is 0 Å². The highest BCUT2D eigenvalue weighted by Crippen LogP contribution is 2.28. The molecule has 0 aliphatic carbocycles. The van der Waals surface area contributed by atoms with E-state index in [0.717, 1.165) is 24.5 Å². The number of likely N-dealkylation sites (N-methyl/N-ethyl adjacent to an activating group) is 1. The minimum absolute atomic E-state index is 0.851. The molecule has 1 aromatic rings. The van der Waals surface area contributed by atoms with Gasteiger partial charge in [0, 0.05) is 6.07 Å². The molecule has 1 N–H and O–H groups in total. The van der Waals surface area contributed by atoms with Gasteiger partial charge in [-0.1, -0.05) is 0 Å². The Labute approximate surface area is 91.4 Å². The van der Waals surface area contributed by atoms with Gasteiger partial charge in [0.25, 0.3) is 0 Å². The average Bonchev–Trinajstić information content (AvgIpc) is 2.27. The van der Waals surface area contributed by atoms with E-state index in [2.05, 4.69) is 18.3 Å². The summed E-state index contributed by atoms with van der Waals surface area (Å²) in [6.07, 6.45) is 0.982. The molecule has 0 fully saturated rings. The first-order chi connectivity index (χ1) is 7.22. The lowest BCUT2D eigenvalue weighted by Crippen LogP contribution is -2.11. The van der Waals surface area contributed by atoms with Crippen LogP contribution in [0.2, 0.25) is 0 Å². The second-order valence-electron chi connectivity index (χ2n) is 3.47. The zero-order chi connectivity index (χ0) is 11.3. The van der Waals surface area contributed by atoms with Crippen LogP contribution in [-0.2, 0) is 6.42 Å². The number of nitrogens with one attached hydrogen (secondary N) is 1. The lowest BCUT2D eigenvalue weighted by atomic mass is 10.0. The Kier molecular flexibility index (Phi) is 4.43. The van der Waals surface area contributed by atoms with Crippen molar-refractivity contribution in [1.82, 2.24) is 5.32 Å². The van der Waals surface area contributed by atoms with Gasteiger partial charge in [-0.15, -0.1) is 0 Å². The first-order valence-electron chi connectivity index (χ1n) is 5.09. The second-order valence-corrected chi connectivity index (χ2v) is 3.47. The number of methoxy groups -OCH3 is 2. The summed E-state index contributed by atoms with van der Waals surface area (Å²) in [6.45, 7) is 3.03. The van der Waals surface area contributed by atoms with Gasteiger partial charge in [-0.3, -0.25) is 0 Å². The van der Waals surface area contributed by atoms with Crippen molar-refractivity contribution in [1.29, 1.82) is 0 Å². The third kappa shape index (κ3) is 2.86. The molecule has 0 aromatic heterocycles. The minimum atomic E-state index is 0.851. The van der Waals surface area contributed by atoms with Gasteiger partial charge < -0.3 is 14.8 Å². The average molecular weight is 209 g/mol. The Morgan fingerprint density at radius 2 is 1.93 bits per heavy atom. The minimum Gasteiger partial charge on any atom is -0.497 e. The summed E-state index contributed by atoms with van der Waals surface area (Å²) in [5.74, 6) is 1.74. The largest absolute Gasteiger partial charge is 0.497 e. The number of hydrogen-bond donors (Lipinski definition) is 1. The smallest absolute Gasteiger partial charge is 0.125 e. The quantitative estimate of drug-likeness (QED) is 0.801. The summed E-state index contributed by atoms with van der Waals surface area (Å²) in [5.41, 5.74) is 2.45. The monoisotopic (exact) mass is 209 g/mol. The highest BCUT2D eigenvalue weighted by Gasteiger charge is 2.07. The van der Waals surface area contributed by atoms with Crippen molar-refractivity contribution in [3.05, 3.63) is 23.3 Å². The van der Waals surface area contributed by atoms with Crippen molar-refractivity contribution < 1.29 is 9.47 Å². The molecule has 0 spiro atoms. The van der Waals surface area contributed by atoms with Crippen LogP contribution >= 0.6 is 0 Å². The van der Waals surface area contributed by atoms with Crippen molar-refractivity contribution in [2.45, 2.75) is 13.3 Å². The predicted molar refractivity (Wildman–Crippen MR) is 61.9 cm³/mol. The molecule has 0 bridgehead atoms. The van der Waals surface area contributed by atoms with Gasteiger partial charge in [0.05, 0.1) is 14.2 Å². The van der Waals surface area contributed by atoms with Crippen LogP contribution in [0.15, 0.2) is 12.1 Å². The fourth-order valence-electron chi connectivity index (χ4n) is 1.57. The maximum Gasteiger partial charge on any atom is 0.125 e. The van der Waals surface area contributed by atoms with Crippen molar-refractivity contribution in [3.63, 3.8) is 0 Å². The number of benzene rings is 1. The van der Waals surface area contributed by atoms with E-state index in [-0.39, 0.29) is 0 Å². The van der Waals surface area contributed by atoms with Crippen LogP contribution in [0.1, 0.15) is 11.1 Å². The molecular formula is C12H19NO2. The van der Waals surface area contributed by atoms with Gasteiger partial charge in [-0.2, -0.15) is 0 Å². The van der Waals surface area contributed by atoms with Crippen LogP contribution in [0.4, 0.5) is 0 Å². The van der Waals surface area contributed by atoms with Gasteiger partial charge in [-0.05, 0) is 44.1 Å². The van der Waals surface area contributed by atoms with Gasteiger partial charge in [-0.25, -0.2) is 0 Å². The Morgan fingerprint density at radius 3 is 2.47 bits per heavy atom. The summed E-state index contributed by atoms with van der Waals surface area (Å²) in [6, 6.07) is 3.98. The molecule has 1 aromatic carbocycles. The number of hydrogen-bond acceptors (Lipinski definition) is 3. The standard InChI is InChI=1S/C12H19NO2/c1-9-10(5-6-13-2)7-11(14-3)8-12(9)15-4/h7-8,13H,5-6H2,1-4H3. The topological polar surface area (TPSA) is 30.5 Å². The molecule has 3 nitrogen and oxygen atoms in total. The fraction of sp³-hybridized carbons (Fsp3) is 0.500. The van der Waals surface area contributed by atoms with E-state index in [4.69, 9.17) is 9.47 Å². The fourth-order valence-corrected chi connectivity index (χ4v) is 1.57. The van der Waals surface area contributed by atoms with Crippen LogP contribution in [0.5, 0.6) is 11.5 Å². The van der Waals surface area contributed by atoms with Crippen LogP contribution in [0.25, 0.3) is 0 Å². The Hall–Kier alpha value is -1.22. The van der Waals surface area contributed by atoms with Gasteiger partial charge >= 0.3 is 0 Å². The zero-order valence-electron chi connectivity index (χ0n) is 9.89. The zero-order valence-corrected chi connectivity index (χ0v) is 9.89. The highest BCUT2D eigenvalue weighted by molar-refractivity contribution is 5.46. The van der Waals surface area contributed by atoms with E-state index in [1.807, 2.05) is 13.1 Å². The predicted octanol–water partition coefficient (Wildman–Crippen LogP) is 1.77. The lowest BCUT2D eigenvalue weighted by molar-refractivity contribution is 0.391. The molecular weight excluding hydrogens is 190 g/mol. The molecule has 0 atom stereocenters. The molecule has 0 radical (unpaired) electrons. The summed E-state index contributed by atoms with van der Waals surface area (Å²) in [5, 5.41) is 3.14. The second kappa shape index (κ2) is 5.61. The van der Waals surface area contributed by atoms with Crippen molar-refractivity contribution in [3.8, 4) is 11.5 Å².